The third-order valence-corrected chi connectivity index (χ3v) is 4.05. The van der Waals surface area contributed by atoms with Crippen LogP contribution < -0.4 is 5.32 Å². The van der Waals surface area contributed by atoms with Crippen molar-refractivity contribution >= 4 is 17.4 Å². The lowest BCUT2D eigenvalue weighted by molar-refractivity contribution is -0.384. The summed E-state index contributed by atoms with van der Waals surface area (Å²) in [5.41, 5.74) is 1.02. The van der Waals surface area contributed by atoms with Gasteiger partial charge in [0.25, 0.3) is 11.6 Å². The van der Waals surface area contributed by atoms with Crippen LogP contribution in [-0.4, -0.2) is 16.6 Å². The fourth-order valence-electron chi connectivity index (χ4n) is 2.69. The maximum absolute atomic E-state index is 13.0. The molecule has 1 atom stereocenters. The standard InChI is InChI=1S/C21H16N2O4/c24-20(16-10-5-2-6-11-16)19(15-8-3-1-4-9-15)22-21(25)17-12-7-13-18(14-17)23(26)27/h1-14,19H,(H,22,25). The van der Waals surface area contributed by atoms with Crippen molar-refractivity contribution in [2.75, 3.05) is 0 Å². The summed E-state index contributed by atoms with van der Waals surface area (Å²) in [5.74, 6) is -0.822. The first-order valence-corrected chi connectivity index (χ1v) is 8.26. The van der Waals surface area contributed by atoms with Crippen molar-refractivity contribution in [1.82, 2.24) is 5.32 Å². The molecule has 0 aliphatic rings. The number of ketones is 1. The van der Waals surface area contributed by atoms with E-state index in [1.165, 1.54) is 24.3 Å². The van der Waals surface area contributed by atoms with E-state index in [-0.39, 0.29) is 17.0 Å². The minimum Gasteiger partial charge on any atom is -0.338 e. The van der Waals surface area contributed by atoms with Crippen LogP contribution in [-0.2, 0) is 0 Å². The van der Waals surface area contributed by atoms with Gasteiger partial charge in [-0.25, -0.2) is 0 Å². The maximum Gasteiger partial charge on any atom is 0.270 e. The fraction of sp³-hybridized carbons (Fsp3) is 0.0476. The summed E-state index contributed by atoms with van der Waals surface area (Å²) in [4.78, 5) is 36.0. The largest absolute Gasteiger partial charge is 0.338 e. The highest BCUT2D eigenvalue weighted by Gasteiger charge is 2.24. The highest BCUT2D eigenvalue weighted by Crippen LogP contribution is 2.20. The van der Waals surface area contributed by atoms with Crippen LogP contribution in [0, 0.1) is 10.1 Å². The predicted octanol–water partition coefficient (Wildman–Crippen LogP) is 3.95. The Bertz CT molecular complexity index is 972. The van der Waals surface area contributed by atoms with E-state index in [1.54, 1.807) is 54.6 Å². The van der Waals surface area contributed by atoms with Crippen molar-refractivity contribution in [2.24, 2.45) is 0 Å². The average molecular weight is 360 g/mol. The Morgan fingerprint density at radius 2 is 1.41 bits per heavy atom. The number of rotatable bonds is 6. The highest BCUT2D eigenvalue weighted by molar-refractivity contribution is 6.04. The Morgan fingerprint density at radius 1 is 0.815 bits per heavy atom. The number of carbonyl (C=O) groups is 2. The van der Waals surface area contributed by atoms with Gasteiger partial charge < -0.3 is 5.32 Å². The van der Waals surface area contributed by atoms with Gasteiger partial charge in [0.2, 0.25) is 0 Å². The normalized spacial score (nSPS) is 11.4. The quantitative estimate of drug-likeness (QED) is 0.409. The van der Waals surface area contributed by atoms with Crippen LogP contribution in [0.25, 0.3) is 0 Å². The summed E-state index contributed by atoms with van der Waals surface area (Å²) in [6, 6.07) is 22.0. The third kappa shape index (κ3) is 4.24. The van der Waals surface area contributed by atoms with E-state index < -0.39 is 16.9 Å². The molecule has 0 aromatic heterocycles. The molecule has 0 aliphatic heterocycles. The number of non-ortho nitro benzene ring substituents is 1. The van der Waals surface area contributed by atoms with E-state index in [9.17, 15) is 19.7 Å². The summed E-state index contributed by atoms with van der Waals surface area (Å²) in [6.45, 7) is 0. The van der Waals surface area contributed by atoms with Crippen LogP contribution in [0.2, 0.25) is 0 Å². The summed E-state index contributed by atoms with van der Waals surface area (Å²) in [6.07, 6.45) is 0. The third-order valence-electron chi connectivity index (χ3n) is 4.05. The van der Waals surface area contributed by atoms with Crippen molar-refractivity contribution in [2.45, 2.75) is 6.04 Å². The Hall–Kier alpha value is -3.80. The van der Waals surface area contributed by atoms with Crippen LogP contribution in [0.1, 0.15) is 32.3 Å². The zero-order valence-electron chi connectivity index (χ0n) is 14.2. The Kier molecular flexibility index (Phi) is 5.37. The Morgan fingerprint density at radius 3 is 2.04 bits per heavy atom. The van der Waals surface area contributed by atoms with Gasteiger partial charge in [-0.15, -0.1) is 0 Å². The predicted molar refractivity (Wildman–Crippen MR) is 101 cm³/mol. The molecule has 1 unspecified atom stereocenters. The molecule has 0 bridgehead atoms. The molecule has 0 spiro atoms. The number of hydrogen-bond acceptors (Lipinski definition) is 4. The number of nitro benzene ring substituents is 1. The molecule has 0 aliphatic carbocycles. The van der Waals surface area contributed by atoms with Gasteiger partial charge in [-0.1, -0.05) is 66.7 Å². The molecule has 6 heteroatoms. The summed E-state index contributed by atoms with van der Waals surface area (Å²) < 4.78 is 0. The van der Waals surface area contributed by atoms with Gasteiger partial charge in [-0.05, 0) is 11.6 Å². The Labute approximate surface area is 155 Å². The molecule has 1 amide bonds. The monoisotopic (exact) mass is 360 g/mol. The number of amides is 1. The van der Waals surface area contributed by atoms with E-state index in [0.29, 0.717) is 11.1 Å². The van der Waals surface area contributed by atoms with E-state index in [4.69, 9.17) is 0 Å². The number of hydrogen-bond donors (Lipinski definition) is 1. The second-order valence-corrected chi connectivity index (χ2v) is 5.85. The molecule has 3 aromatic carbocycles. The number of benzene rings is 3. The van der Waals surface area contributed by atoms with Crippen molar-refractivity contribution in [3.8, 4) is 0 Å². The molecule has 0 saturated carbocycles. The molecule has 3 aromatic rings. The summed E-state index contributed by atoms with van der Waals surface area (Å²) >= 11 is 0. The van der Waals surface area contributed by atoms with Gasteiger partial charge >= 0.3 is 0 Å². The van der Waals surface area contributed by atoms with Crippen LogP contribution in [0.5, 0.6) is 0 Å². The van der Waals surface area contributed by atoms with Crippen LogP contribution in [0.3, 0.4) is 0 Å². The molecule has 0 heterocycles. The van der Waals surface area contributed by atoms with Gasteiger partial charge in [-0.2, -0.15) is 0 Å². The molecular weight excluding hydrogens is 344 g/mol. The maximum atomic E-state index is 13.0. The zero-order chi connectivity index (χ0) is 19.2. The molecule has 134 valence electrons. The summed E-state index contributed by atoms with van der Waals surface area (Å²) in [7, 11) is 0. The average Bonchev–Trinajstić information content (AvgIpc) is 2.72. The van der Waals surface area contributed by atoms with Crippen molar-refractivity contribution < 1.29 is 14.5 Å². The zero-order valence-corrected chi connectivity index (χ0v) is 14.2. The van der Waals surface area contributed by atoms with E-state index in [2.05, 4.69) is 5.32 Å². The van der Waals surface area contributed by atoms with Crippen molar-refractivity contribution in [1.29, 1.82) is 0 Å². The Balaban J connectivity index is 1.92. The van der Waals surface area contributed by atoms with Gasteiger partial charge in [0.15, 0.2) is 5.78 Å². The second kappa shape index (κ2) is 8.05. The molecule has 0 saturated heterocycles. The number of nitrogens with zero attached hydrogens (tertiary/aromatic N) is 1. The first-order chi connectivity index (χ1) is 13.1. The topological polar surface area (TPSA) is 89.3 Å². The first-order valence-electron chi connectivity index (χ1n) is 8.26. The van der Waals surface area contributed by atoms with Gasteiger partial charge in [0, 0.05) is 23.3 Å². The van der Waals surface area contributed by atoms with Gasteiger partial charge in [0.05, 0.1) is 4.92 Å². The van der Waals surface area contributed by atoms with E-state index in [0.717, 1.165) is 0 Å². The van der Waals surface area contributed by atoms with Gasteiger partial charge in [-0.3, -0.25) is 19.7 Å². The second-order valence-electron chi connectivity index (χ2n) is 5.85. The molecular formula is C21H16N2O4. The summed E-state index contributed by atoms with van der Waals surface area (Å²) in [5, 5.41) is 13.6. The van der Waals surface area contributed by atoms with Crippen LogP contribution in [0.4, 0.5) is 5.69 Å². The number of carbonyl (C=O) groups excluding carboxylic acids is 2. The lowest BCUT2D eigenvalue weighted by Crippen LogP contribution is -2.34. The molecule has 0 fully saturated rings. The lowest BCUT2D eigenvalue weighted by atomic mass is 9.97. The molecule has 27 heavy (non-hydrogen) atoms. The van der Waals surface area contributed by atoms with Crippen molar-refractivity contribution in [3.63, 3.8) is 0 Å². The van der Waals surface area contributed by atoms with Crippen LogP contribution >= 0.6 is 0 Å². The number of nitrogens with one attached hydrogen (secondary N) is 1. The molecule has 1 N–H and O–H groups in total. The highest BCUT2D eigenvalue weighted by atomic mass is 16.6. The number of Topliss-reactive ketones (excluding diaryl/α,β-unsaturated/α-hetero) is 1. The van der Waals surface area contributed by atoms with E-state index >= 15 is 0 Å². The first kappa shape index (κ1) is 18.0. The molecule has 0 radical (unpaired) electrons. The minimum atomic E-state index is -0.902. The van der Waals surface area contributed by atoms with Crippen molar-refractivity contribution in [3.05, 3.63) is 112 Å². The molecule has 3 rings (SSSR count). The lowest BCUT2D eigenvalue weighted by Gasteiger charge is -2.18. The molecule has 6 nitrogen and oxygen atoms in total. The smallest absolute Gasteiger partial charge is 0.270 e. The fourth-order valence-corrected chi connectivity index (χ4v) is 2.69. The van der Waals surface area contributed by atoms with Gasteiger partial charge in [0.1, 0.15) is 6.04 Å². The minimum absolute atomic E-state index is 0.117. The SMILES string of the molecule is O=C(NC(C(=O)c1ccccc1)c1ccccc1)c1cccc([N+](=O)[O-])c1. The number of nitro groups is 1. The van der Waals surface area contributed by atoms with E-state index in [1.807, 2.05) is 6.07 Å². The van der Waals surface area contributed by atoms with Crippen LogP contribution in [0.15, 0.2) is 84.9 Å².